The van der Waals surface area contributed by atoms with Crippen LogP contribution in [0.2, 0.25) is 0 Å². The van der Waals surface area contributed by atoms with Crippen molar-refractivity contribution in [2.24, 2.45) is 5.41 Å². The Labute approximate surface area is 178 Å². The van der Waals surface area contributed by atoms with Crippen LogP contribution < -0.4 is 4.74 Å². The predicted molar refractivity (Wildman–Crippen MR) is 109 cm³/mol. The molecule has 1 N–H and O–H groups in total. The van der Waals surface area contributed by atoms with E-state index >= 15 is 0 Å². The van der Waals surface area contributed by atoms with Crippen LogP contribution in [-0.2, 0) is 16.1 Å². The fourth-order valence-corrected chi connectivity index (χ4v) is 3.91. The molecule has 0 unspecified atom stereocenters. The first-order valence-corrected chi connectivity index (χ1v) is 9.79. The Morgan fingerprint density at radius 3 is 2.42 bits per heavy atom. The number of aromatic nitrogens is 3. The minimum atomic E-state index is -3.01. The molecule has 2 heterocycles. The van der Waals surface area contributed by atoms with Gasteiger partial charge in [0.2, 0.25) is 0 Å². The van der Waals surface area contributed by atoms with Crippen LogP contribution >= 0.6 is 0 Å². The molecule has 2 aromatic rings. The molecule has 1 saturated carbocycles. The van der Waals surface area contributed by atoms with Crippen LogP contribution in [0, 0.1) is 19.3 Å². The van der Waals surface area contributed by atoms with E-state index in [1.807, 2.05) is 6.92 Å². The molecule has 0 spiro atoms. The summed E-state index contributed by atoms with van der Waals surface area (Å²) >= 11 is 0. The zero-order chi connectivity index (χ0) is 23.1. The number of carbonyl (C=O) groups is 2. The van der Waals surface area contributed by atoms with Crippen molar-refractivity contribution in [3.8, 4) is 5.75 Å². The minimum absolute atomic E-state index is 0.0414. The first-order valence-electron chi connectivity index (χ1n) is 9.79. The van der Waals surface area contributed by atoms with Crippen molar-refractivity contribution in [1.29, 1.82) is 0 Å². The third-order valence-electron chi connectivity index (χ3n) is 5.39. The first kappa shape index (κ1) is 22.6. The molecule has 166 valence electrons. The third kappa shape index (κ3) is 4.35. The molecule has 0 aliphatic heterocycles. The summed E-state index contributed by atoms with van der Waals surface area (Å²) in [5.74, 6) is -1.24. The summed E-state index contributed by atoms with van der Waals surface area (Å²) in [5.41, 5.74) is 0.110. The number of pyridine rings is 1. The number of halogens is 2. The lowest BCUT2D eigenvalue weighted by Crippen LogP contribution is -2.32. The highest BCUT2D eigenvalue weighted by atomic mass is 19.3. The van der Waals surface area contributed by atoms with Gasteiger partial charge in [0.05, 0.1) is 24.9 Å². The Kier molecular flexibility index (Phi) is 5.98. The second-order valence-electron chi connectivity index (χ2n) is 8.56. The van der Waals surface area contributed by atoms with Crippen molar-refractivity contribution < 1.29 is 28.2 Å². The number of methoxy groups -OCH3 is 1. The van der Waals surface area contributed by atoms with Gasteiger partial charge in [-0.2, -0.15) is 5.10 Å². The van der Waals surface area contributed by atoms with E-state index in [4.69, 9.17) is 4.74 Å². The molecular formula is C22H25F2N3O4. The third-order valence-corrected chi connectivity index (χ3v) is 5.39. The van der Waals surface area contributed by atoms with Gasteiger partial charge in [-0.15, -0.1) is 0 Å². The summed E-state index contributed by atoms with van der Waals surface area (Å²) < 4.78 is 33.9. The largest absolute Gasteiger partial charge is 0.506 e. The van der Waals surface area contributed by atoms with Crippen LogP contribution in [0.1, 0.15) is 61.2 Å². The zero-order valence-electron chi connectivity index (χ0n) is 18.1. The number of rotatable bonds is 5. The fourth-order valence-electron chi connectivity index (χ4n) is 3.91. The summed E-state index contributed by atoms with van der Waals surface area (Å²) in [7, 11) is 1.53. The second kappa shape index (κ2) is 8.20. The quantitative estimate of drug-likeness (QED) is 0.433. The van der Waals surface area contributed by atoms with Gasteiger partial charge >= 0.3 is 0 Å². The van der Waals surface area contributed by atoms with Gasteiger partial charge in [0.25, 0.3) is 6.43 Å². The maximum atomic E-state index is 13.7. The number of nitrogens with zero attached hydrogens (tertiary/aromatic N) is 3. The van der Waals surface area contributed by atoms with E-state index in [1.165, 1.54) is 18.0 Å². The number of aliphatic hydroxyl groups is 1. The molecule has 0 saturated heterocycles. The van der Waals surface area contributed by atoms with Crippen molar-refractivity contribution in [3.05, 3.63) is 46.0 Å². The fraction of sp³-hybridized carbons (Fsp3) is 0.455. The van der Waals surface area contributed by atoms with Crippen LogP contribution in [0.4, 0.5) is 8.78 Å². The van der Waals surface area contributed by atoms with Gasteiger partial charge in [-0.1, -0.05) is 13.8 Å². The molecule has 3 rings (SSSR count). The Bertz CT molecular complexity index is 1060. The van der Waals surface area contributed by atoms with Crippen LogP contribution in [0.3, 0.4) is 0 Å². The number of ketones is 2. The molecule has 0 radical (unpaired) electrons. The molecular weight excluding hydrogens is 408 g/mol. The van der Waals surface area contributed by atoms with Gasteiger partial charge in [0.1, 0.15) is 22.8 Å². The van der Waals surface area contributed by atoms with E-state index in [9.17, 15) is 23.5 Å². The van der Waals surface area contributed by atoms with Crippen LogP contribution in [-0.4, -0.2) is 38.5 Å². The predicted octanol–water partition coefficient (Wildman–Crippen LogP) is 4.12. The lowest BCUT2D eigenvalue weighted by Gasteiger charge is -2.28. The maximum Gasteiger partial charge on any atom is 0.282 e. The first-order chi connectivity index (χ1) is 14.4. The highest BCUT2D eigenvalue weighted by molar-refractivity contribution is 6.26. The molecule has 9 heteroatoms. The summed E-state index contributed by atoms with van der Waals surface area (Å²) in [6.07, 6.45) is -0.103. The number of aliphatic hydroxyl groups excluding tert-OH is 1. The van der Waals surface area contributed by atoms with Crippen LogP contribution in [0.15, 0.2) is 18.0 Å². The lowest BCUT2D eigenvalue weighted by molar-refractivity contribution is -0.127. The van der Waals surface area contributed by atoms with Crippen molar-refractivity contribution in [2.45, 2.75) is 53.5 Å². The van der Waals surface area contributed by atoms with Gasteiger partial charge in [-0.05, 0) is 19.3 Å². The van der Waals surface area contributed by atoms with E-state index in [0.29, 0.717) is 11.4 Å². The average Bonchev–Trinajstić information content (AvgIpc) is 3.07. The van der Waals surface area contributed by atoms with Gasteiger partial charge in [-0.25, -0.2) is 8.78 Å². The topological polar surface area (TPSA) is 94.3 Å². The summed E-state index contributed by atoms with van der Waals surface area (Å²) in [5, 5.41) is 14.5. The van der Waals surface area contributed by atoms with Crippen molar-refractivity contribution in [3.63, 3.8) is 0 Å². The highest BCUT2D eigenvalue weighted by Crippen LogP contribution is 2.37. The number of alkyl halides is 2. The summed E-state index contributed by atoms with van der Waals surface area (Å²) in [4.78, 5) is 29.3. The normalized spacial score (nSPS) is 16.2. The molecule has 1 aliphatic carbocycles. The molecule has 31 heavy (non-hydrogen) atoms. The van der Waals surface area contributed by atoms with Crippen molar-refractivity contribution in [2.75, 3.05) is 7.11 Å². The van der Waals surface area contributed by atoms with E-state index in [0.717, 1.165) is 11.1 Å². The number of allylic oxidation sites excluding steroid dienone is 1. The van der Waals surface area contributed by atoms with Gasteiger partial charge in [0, 0.05) is 36.4 Å². The molecule has 1 fully saturated rings. The molecule has 7 nitrogen and oxygen atoms in total. The van der Waals surface area contributed by atoms with E-state index < -0.39 is 40.4 Å². The lowest BCUT2D eigenvalue weighted by atomic mass is 9.73. The van der Waals surface area contributed by atoms with Crippen molar-refractivity contribution in [1.82, 2.24) is 14.8 Å². The number of hydrogen-bond acceptors (Lipinski definition) is 6. The number of Topliss-reactive ketones (excluding diaryl/α,β-unsaturated/α-hetero) is 2. The van der Waals surface area contributed by atoms with E-state index in [1.54, 1.807) is 27.0 Å². The van der Waals surface area contributed by atoms with E-state index in [-0.39, 0.29) is 24.9 Å². The molecule has 2 aromatic heterocycles. The minimum Gasteiger partial charge on any atom is -0.506 e. The Balaban J connectivity index is 2.04. The standard InChI is InChI=1S/C22H25F2N3O4/c1-11-8-25-14(12(2)20(11)31-5)10-27-9-13(18(26-27)21(23)24)19(30)17-15(28)6-22(3,4)7-16(17)29/h8-9,21,30H,6-7,10H2,1-5H3. The molecule has 0 aromatic carbocycles. The number of hydrogen-bond donors (Lipinski definition) is 1. The Hall–Kier alpha value is -3.10. The number of carbonyl (C=O) groups excluding carboxylic acids is 2. The van der Waals surface area contributed by atoms with Crippen molar-refractivity contribution >= 4 is 17.3 Å². The van der Waals surface area contributed by atoms with Gasteiger partial charge in [0.15, 0.2) is 11.6 Å². The monoisotopic (exact) mass is 433 g/mol. The number of aryl methyl sites for hydroxylation is 1. The Morgan fingerprint density at radius 2 is 1.87 bits per heavy atom. The molecule has 0 atom stereocenters. The smallest absolute Gasteiger partial charge is 0.282 e. The molecule has 0 bridgehead atoms. The molecule has 0 amide bonds. The summed E-state index contributed by atoms with van der Waals surface area (Å²) in [6.45, 7) is 7.22. The molecule has 1 aliphatic rings. The SMILES string of the molecule is COc1c(C)cnc(Cn2cc(C(O)=C3C(=O)CC(C)(C)CC3=O)c(C(F)F)n2)c1C. The zero-order valence-corrected chi connectivity index (χ0v) is 18.1. The Morgan fingerprint density at radius 1 is 1.26 bits per heavy atom. The van der Waals surface area contributed by atoms with Crippen LogP contribution in [0.25, 0.3) is 5.76 Å². The maximum absolute atomic E-state index is 13.7. The van der Waals surface area contributed by atoms with E-state index in [2.05, 4.69) is 10.1 Å². The van der Waals surface area contributed by atoms with Gasteiger partial charge in [-0.3, -0.25) is 19.3 Å². The van der Waals surface area contributed by atoms with Gasteiger partial charge < -0.3 is 9.84 Å². The average molecular weight is 433 g/mol. The highest BCUT2D eigenvalue weighted by Gasteiger charge is 2.39. The summed E-state index contributed by atoms with van der Waals surface area (Å²) in [6, 6.07) is 0. The van der Waals surface area contributed by atoms with Crippen LogP contribution in [0.5, 0.6) is 5.75 Å². The second-order valence-corrected chi connectivity index (χ2v) is 8.56. The number of ether oxygens (including phenoxy) is 1.